The Morgan fingerprint density at radius 2 is 1.76 bits per heavy atom. The van der Waals surface area contributed by atoms with Crippen molar-refractivity contribution in [3.63, 3.8) is 0 Å². The molecule has 0 saturated carbocycles. The number of nitrogens with one attached hydrogen (secondary N) is 1. The molecule has 0 aliphatic rings. The van der Waals surface area contributed by atoms with E-state index in [2.05, 4.69) is 14.7 Å². The summed E-state index contributed by atoms with van der Waals surface area (Å²) < 4.78 is 31.1. The monoisotopic (exact) mass is 554 g/mol. The van der Waals surface area contributed by atoms with Crippen LogP contribution in [-0.4, -0.2) is 30.4 Å². The first-order valence-corrected chi connectivity index (χ1v) is 13.6. The van der Waals surface area contributed by atoms with Crippen molar-refractivity contribution in [2.75, 3.05) is 6.54 Å². The Balaban J connectivity index is 1.43. The summed E-state index contributed by atoms with van der Waals surface area (Å²) in [6.07, 6.45) is 3.78. The molecule has 0 atom stereocenters. The summed E-state index contributed by atoms with van der Waals surface area (Å²) >= 11 is 12.1. The number of carbonyl (C=O) groups is 1. The Labute approximate surface area is 225 Å². The Hall–Kier alpha value is -3.46. The van der Waals surface area contributed by atoms with E-state index in [-0.39, 0.29) is 16.4 Å². The smallest absolute Gasteiger partial charge is 0.285 e. The fraction of sp³-hybridized carbons (Fsp3) is 0.148. The fourth-order valence-electron chi connectivity index (χ4n) is 3.56. The van der Waals surface area contributed by atoms with Gasteiger partial charge in [-0.15, -0.1) is 4.40 Å². The van der Waals surface area contributed by atoms with Gasteiger partial charge in [0.2, 0.25) is 5.62 Å². The highest BCUT2D eigenvalue weighted by Crippen LogP contribution is 2.21. The van der Waals surface area contributed by atoms with Crippen LogP contribution >= 0.6 is 23.2 Å². The second-order valence-electron chi connectivity index (χ2n) is 8.37. The van der Waals surface area contributed by atoms with E-state index in [4.69, 9.17) is 23.2 Å². The number of nitrogens with zero attached hydrogens (tertiary/aromatic N) is 3. The summed E-state index contributed by atoms with van der Waals surface area (Å²) in [4.78, 5) is 16.8. The van der Waals surface area contributed by atoms with Gasteiger partial charge in [0.25, 0.3) is 15.9 Å². The third-order valence-electron chi connectivity index (χ3n) is 5.58. The van der Waals surface area contributed by atoms with Gasteiger partial charge in [-0.2, -0.15) is 8.42 Å². The number of benzene rings is 3. The highest BCUT2D eigenvalue weighted by molar-refractivity contribution is 7.90. The minimum absolute atomic E-state index is 0.0609. The Kier molecular flexibility index (Phi) is 8.43. The molecule has 0 unspecified atom stereocenters. The molecule has 1 aromatic heterocycles. The van der Waals surface area contributed by atoms with Crippen molar-refractivity contribution in [2.24, 2.45) is 4.40 Å². The largest absolute Gasteiger partial charge is 0.352 e. The van der Waals surface area contributed by atoms with Gasteiger partial charge in [-0.25, -0.2) is 4.98 Å². The standard InChI is InChI=1S/C27H24Cl2N4O3S/c1-19-3-11-24(12-4-19)37(35,36)32-27-31-14-2-16-33(27)18-20-5-7-22(8-6-20)26(34)30-15-13-21-9-10-23(28)17-25(21)29/h2-12,14,16-17H,13,15,18H2,1H3,(H,30,34)/b32-27+. The second-order valence-corrected chi connectivity index (χ2v) is 10.8. The maximum atomic E-state index is 12.8. The number of hydrogen-bond acceptors (Lipinski definition) is 4. The summed E-state index contributed by atoms with van der Waals surface area (Å²) in [5.74, 6) is -0.203. The molecular weight excluding hydrogens is 531 g/mol. The van der Waals surface area contributed by atoms with Crippen LogP contribution in [0, 0.1) is 6.92 Å². The van der Waals surface area contributed by atoms with Crippen LogP contribution in [0.15, 0.2) is 94.5 Å². The van der Waals surface area contributed by atoms with E-state index < -0.39 is 10.0 Å². The summed E-state index contributed by atoms with van der Waals surface area (Å²) in [5, 5.41) is 4.02. The molecular formula is C27H24Cl2N4O3S. The number of hydrogen-bond donors (Lipinski definition) is 1. The van der Waals surface area contributed by atoms with E-state index in [1.807, 2.05) is 25.1 Å². The average molecular weight is 555 g/mol. The molecule has 1 heterocycles. The average Bonchev–Trinajstić information content (AvgIpc) is 2.87. The summed E-state index contributed by atoms with van der Waals surface area (Å²) in [6.45, 7) is 2.63. The minimum atomic E-state index is -3.92. The van der Waals surface area contributed by atoms with Gasteiger partial charge in [-0.1, -0.05) is 59.1 Å². The van der Waals surface area contributed by atoms with E-state index in [9.17, 15) is 13.2 Å². The predicted octanol–water partition coefficient (Wildman–Crippen LogP) is 4.81. The first-order chi connectivity index (χ1) is 17.7. The summed E-state index contributed by atoms with van der Waals surface area (Å²) in [6, 6.07) is 20.5. The van der Waals surface area contributed by atoms with Crippen LogP contribution in [-0.2, 0) is 23.0 Å². The quantitative estimate of drug-likeness (QED) is 0.338. The number of sulfonamides is 1. The summed E-state index contributed by atoms with van der Waals surface area (Å²) in [7, 11) is -3.92. The van der Waals surface area contributed by atoms with Gasteiger partial charge in [-0.3, -0.25) is 4.79 Å². The maximum Gasteiger partial charge on any atom is 0.285 e. The van der Waals surface area contributed by atoms with Crippen molar-refractivity contribution in [3.05, 3.63) is 123 Å². The van der Waals surface area contributed by atoms with Gasteiger partial charge in [0.15, 0.2) is 0 Å². The molecule has 0 aliphatic heterocycles. The van der Waals surface area contributed by atoms with Crippen molar-refractivity contribution < 1.29 is 13.2 Å². The van der Waals surface area contributed by atoms with Gasteiger partial charge < -0.3 is 9.88 Å². The van der Waals surface area contributed by atoms with Crippen LogP contribution in [0.1, 0.15) is 27.0 Å². The van der Waals surface area contributed by atoms with Gasteiger partial charge in [0.05, 0.1) is 11.4 Å². The van der Waals surface area contributed by atoms with Gasteiger partial charge in [0.1, 0.15) is 0 Å². The van der Waals surface area contributed by atoms with Crippen molar-refractivity contribution >= 4 is 39.1 Å². The lowest BCUT2D eigenvalue weighted by Gasteiger charge is -2.09. The van der Waals surface area contributed by atoms with Crippen molar-refractivity contribution in [1.82, 2.24) is 14.9 Å². The third-order valence-corrected chi connectivity index (χ3v) is 7.44. The van der Waals surface area contributed by atoms with E-state index in [1.165, 1.54) is 18.3 Å². The van der Waals surface area contributed by atoms with E-state index in [0.29, 0.717) is 35.1 Å². The van der Waals surface area contributed by atoms with E-state index >= 15 is 0 Å². The molecule has 0 saturated heterocycles. The topological polar surface area (TPSA) is 93.4 Å². The number of aromatic nitrogens is 2. The molecule has 10 heteroatoms. The Bertz CT molecular complexity index is 1580. The SMILES string of the molecule is Cc1ccc(S(=O)(=O)/N=c2\ncccn2Cc2ccc(C(=O)NCCc3ccc(Cl)cc3Cl)cc2)cc1. The zero-order chi connectivity index (χ0) is 26.4. The number of carbonyl (C=O) groups excluding carboxylic acids is 1. The van der Waals surface area contributed by atoms with Gasteiger partial charge in [0, 0.05) is 34.5 Å². The third kappa shape index (κ3) is 7.07. The van der Waals surface area contributed by atoms with Crippen molar-refractivity contribution in [1.29, 1.82) is 0 Å². The van der Waals surface area contributed by atoms with Crippen LogP contribution in [0.25, 0.3) is 0 Å². The van der Waals surface area contributed by atoms with Crippen LogP contribution in [0.3, 0.4) is 0 Å². The zero-order valence-corrected chi connectivity index (χ0v) is 22.3. The first kappa shape index (κ1) is 26.6. The number of halogens is 2. The van der Waals surface area contributed by atoms with Crippen LogP contribution < -0.4 is 10.9 Å². The molecule has 4 aromatic rings. The highest BCUT2D eigenvalue weighted by atomic mass is 35.5. The Morgan fingerprint density at radius 3 is 2.46 bits per heavy atom. The first-order valence-electron chi connectivity index (χ1n) is 11.4. The maximum absolute atomic E-state index is 12.8. The molecule has 190 valence electrons. The van der Waals surface area contributed by atoms with Crippen molar-refractivity contribution in [3.8, 4) is 0 Å². The molecule has 3 aromatic carbocycles. The Morgan fingerprint density at radius 1 is 1.03 bits per heavy atom. The number of amides is 1. The molecule has 0 radical (unpaired) electrons. The molecule has 1 N–H and O–H groups in total. The lowest BCUT2D eigenvalue weighted by atomic mass is 10.1. The van der Waals surface area contributed by atoms with Gasteiger partial charge >= 0.3 is 0 Å². The zero-order valence-electron chi connectivity index (χ0n) is 19.9. The summed E-state index contributed by atoms with van der Waals surface area (Å²) in [5.41, 5.74) is 3.28. The predicted molar refractivity (Wildman–Crippen MR) is 144 cm³/mol. The second kappa shape index (κ2) is 11.7. The van der Waals surface area contributed by atoms with Crippen LogP contribution in [0.2, 0.25) is 10.0 Å². The molecule has 0 spiro atoms. The minimum Gasteiger partial charge on any atom is -0.352 e. The van der Waals surface area contributed by atoms with E-state index in [0.717, 1.165) is 16.7 Å². The number of aryl methyl sites for hydroxylation is 1. The number of rotatable bonds is 8. The lowest BCUT2D eigenvalue weighted by Crippen LogP contribution is -2.26. The molecule has 37 heavy (non-hydrogen) atoms. The highest BCUT2D eigenvalue weighted by Gasteiger charge is 2.13. The van der Waals surface area contributed by atoms with Crippen molar-refractivity contribution in [2.45, 2.75) is 24.8 Å². The molecule has 1 amide bonds. The molecule has 7 nitrogen and oxygen atoms in total. The van der Waals surface area contributed by atoms with E-state index in [1.54, 1.807) is 53.2 Å². The molecule has 4 rings (SSSR count). The lowest BCUT2D eigenvalue weighted by molar-refractivity contribution is 0.0954. The molecule has 0 fully saturated rings. The van der Waals surface area contributed by atoms with Gasteiger partial charge in [-0.05, 0) is 66.9 Å². The van der Waals surface area contributed by atoms with Crippen LogP contribution in [0.4, 0.5) is 0 Å². The molecule has 0 aliphatic carbocycles. The van der Waals surface area contributed by atoms with Crippen LogP contribution in [0.5, 0.6) is 0 Å². The normalized spacial score (nSPS) is 11.9. The molecule has 0 bridgehead atoms. The fourth-order valence-corrected chi connectivity index (χ4v) is 5.01.